The molecule has 2 heterocycles. The lowest BCUT2D eigenvalue weighted by Crippen LogP contribution is -1.98. The molecular formula is C23H25N3O. The first kappa shape index (κ1) is 17.5. The van der Waals surface area contributed by atoms with Crippen molar-refractivity contribution in [2.24, 2.45) is 0 Å². The molecule has 4 rings (SSSR count). The summed E-state index contributed by atoms with van der Waals surface area (Å²) < 4.78 is 8.06. The van der Waals surface area contributed by atoms with Crippen LogP contribution in [0.5, 0.6) is 5.75 Å². The maximum Gasteiger partial charge on any atom is 0.161 e. The molecule has 0 aliphatic rings. The van der Waals surface area contributed by atoms with E-state index in [2.05, 4.69) is 59.6 Å². The minimum Gasteiger partial charge on any atom is -0.494 e. The van der Waals surface area contributed by atoms with E-state index in [0.717, 1.165) is 40.9 Å². The Labute approximate surface area is 159 Å². The Hall–Kier alpha value is -2.88. The van der Waals surface area contributed by atoms with Gasteiger partial charge in [-0.3, -0.25) is 4.40 Å². The fourth-order valence-electron chi connectivity index (χ4n) is 3.52. The number of benzene rings is 2. The summed E-state index contributed by atoms with van der Waals surface area (Å²) in [7, 11) is 0. The highest BCUT2D eigenvalue weighted by Crippen LogP contribution is 2.32. The molecule has 138 valence electrons. The van der Waals surface area contributed by atoms with Crippen molar-refractivity contribution in [1.29, 1.82) is 0 Å². The Morgan fingerprint density at radius 3 is 2.63 bits per heavy atom. The van der Waals surface area contributed by atoms with Crippen LogP contribution in [0.1, 0.15) is 39.0 Å². The quantitative estimate of drug-likeness (QED) is 0.368. The fraction of sp³-hybridized carbons (Fsp3) is 0.304. The van der Waals surface area contributed by atoms with Crippen molar-refractivity contribution in [2.45, 2.75) is 39.0 Å². The molecule has 0 saturated heterocycles. The van der Waals surface area contributed by atoms with Gasteiger partial charge in [-0.05, 0) is 41.8 Å². The number of hydrogen-bond donors (Lipinski definition) is 0. The molecule has 0 fully saturated rings. The third-order valence-corrected chi connectivity index (χ3v) is 4.97. The molecule has 27 heavy (non-hydrogen) atoms. The lowest BCUT2D eigenvalue weighted by atomic mass is 10.0. The number of hydrogen-bond acceptors (Lipinski definition) is 3. The zero-order valence-corrected chi connectivity index (χ0v) is 15.8. The highest BCUT2D eigenvalue weighted by Gasteiger charge is 2.11. The van der Waals surface area contributed by atoms with Crippen LogP contribution in [0.4, 0.5) is 0 Å². The number of aromatic nitrogens is 3. The smallest absolute Gasteiger partial charge is 0.161 e. The molecule has 0 bridgehead atoms. The summed E-state index contributed by atoms with van der Waals surface area (Å²) in [6.45, 7) is 3.01. The summed E-state index contributed by atoms with van der Waals surface area (Å²) in [5.41, 5.74) is 4.27. The van der Waals surface area contributed by atoms with Gasteiger partial charge in [0.05, 0.1) is 12.1 Å². The SMILES string of the molecule is CCCCCCCOc1ccc2c(c1)c(-c1ccccc1)cc1nncn12. The van der Waals surface area contributed by atoms with Gasteiger partial charge in [-0.2, -0.15) is 0 Å². The van der Waals surface area contributed by atoms with Gasteiger partial charge in [0.2, 0.25) is 0 Å². The second kappa shape index (κ2) is 8.21. The van der Waals surface area contributed by atoms with Gasteiger partial charge in [-0.15, -0.1) is 10.2 Å². The van der Waals surface area contributed by atoms with Crippen molar-refractivity contribution in [3.8, 4) is 16.9 Å². The van der Waals surface area contributed by atoms with Crippen molar-refractivity contribution >= 4 is 16.6 Å². The molecule has 4 heteroatoms. The Bertz CT molecular complexity index is 1020. The third-order valence-electron chi connectivity index (χ3n) is 4.97. The number of rotatable bonds is 8. The summed E-state index contributed by atoms with van der Waals surface area (Å²) in [4.78, 5) is 0. The summed E-state index contributed by atoms with van der Waals surface area (Å²) in [5.74, 6) is 0.919. The molecule has 0 unspecified atom stereocenters. The second-order valence-corrected chi connectivity index (χ2v) is 6.92. The summed E-state index contributed by atoms with van der Waals surface area (Å²) in [5, 5.41) is 9.47. The molecule has 0 amide bonds. The zero-order chi connectivity index (χ0) is 18.5. The summed E-state index contributed by atoms with van der Waals surface area (Å²) >= 11 is 0. The van der Waals surface area contributed by atoms with Gasteiger partial charge in [0.1, 0.15) is 12.1 Å². The average Bonchev–Trinajstić information content (AvgIpc) is 3.19. The first-order valence-electron chi connectivity index (χ1n) is 9.81. The topological polar surface area (TPSA) is 39.4 Å². The van der Waals surface area contributed by atoms with E-state index in [1.54, 1.807) is 6.33 Å². The number of ether oxygens (including phenoxy) is 1. The first-order chi connectivity index (χ1) is 13.4. The molecule has 0 aliphatic carbocycles. The van der Waals surface area contributed by atoms with Crippen molar-refractivity contribution in [1.82, 2.24) is 14.6 Å². The Morgan fingerprint density at radius 2 is 1.78 bits per heavy atom. The first-order valence-corrected chi connectivity index (χ1v) is 9.81. The third kappa shape index (κ3) is 3.80. The van der Waals surface area contributed by atoms with Crippen LogP contribution < -0.4 is 4.74 Å². The molecule has 4 nitrogen and oxygen atoms in total. The van der Waals surface area contributed by atoms with Crippen molar-refractivity contribution in [2.75, 3.05) is 6.61 Å². The van der Waals surface area contributed by atoms with E-state index in [4.69, 9.17) is 4.74 Å². The highest BCUT2D eigenvalue weighted by molar-refractivity contribution is 5.97. The van der Waals surface area contributed by atoms with Crippen LogP contribution in [-0.2, 0) is 0 Å². The fourth-order valence-corrected chi connectivity index (χ4v) is 3.52. The number of fused-ring (bicyclic) bond motifs is 3. The predicted molar refractivity (Wildman–Crippen MR) is 110 cm³/mol. The maximum atomic E-state index is 6.04. The largest absolute Gasteiger partial charge is 0.494 e. The van der Waals surface area contributed by atoms with Crippen LogP contribution in [-0.4, -0.2) is 21.2 Å². The summed E-state index contributed by atoms with van der Waals surface area (Å²) in [6, 6.07) is 18.8. The van der Waals surface area contributed by atoms with E-state index in [-0.39, 0.29) is 0 Å². The van der Waals surface area contributed by atoms with Gasteiger partial charge in [0.15, 0.2) is 5.65 Å². The van der Waals surface area contributed by atoms with Crippen LogP contribution in [0.25, 0.3) is 27.7 Å². The Balaban J connectivity index is 1.66. The molecular weight excluding hydrogens is 334 g/mol. The molecule has 4 aromatic rings. The van der Waals surface area contributed by atoms with E-state index < -0.39 is 0 Å². The predicted octanol–water partition coefficient (Wildman–Crippen LogP) is 5.90. The van der Waals surface area contributed by atoms with Crippen LogP contribution in [0, 0.1) is 0 Å². The van der Waals surface area contributed by atoms with Crippen molar-refractivity contribution in [3.63, 3.8) is 0 Å². The van der Waals surface area contributed by atoms with Crippen LogP contribution in [0.15, 0.2) is 60.9 Å². The van der Waals surface area contributed by atoms with Gasteiger partial charge in [-0.25, -0.2) is 0 Å². The van der Waals surface area contributed by atoms with Gasteiger partial charge >= 0.3 is 0 Å². The van der Waals surface area contributed by atoms with E-state index in [1.165, 1.54) is 31.2 Å². The minimum absolute atomic E-state index is 0.769. The number of unbranched alkanes of at least 4 members (excludes halogenated alkanes) is 4. The normalized spacial score (nSPS) is 11.3. The van der Waals surface area contributed by atoms with E-state index in [1.807, 2.05) is 16.5 Å². The molecule has 0 aliphatic heterocycles. The summed E-state index contributed by atoms with van der Waals surface area (Å²) in [6.07, 6.45) is 7.98. The lowest BCUT2D eigenvalue weighted by Gasteiger charge is -2.12. The number of nitrogens with zero attached hydrogens (tertiary/aromatic N) is 3. The van der Waals surface area contributed by atoms with Crippen LogP contribution in [0.3, 0.4) is 0 Å². The Kier molecular flexibility index (Phi) is 5.33. The standard InChI is InChI=1S/C23H25N3O/c1-2-3-4-5-9-14-27-19-12-13-22-21(15-19)20(18-10-7-6-8-11-18)16-23-25-24-17-26(22)23/h6-8,10-13,15-17H,2-5,9,14H2,1H3. The second-order valence-electron chi connectivity index (χ2n) is 6.92. The molecule has 2 aromatic carbocycles. The molecule has 0 atom stereocenters. The molecule has 0 radical (unpaired) electrons. The molecule has 0 saturated carbocycles. The van der Waals surface area contributed by atoms with Crippen molar-refractivity contribution < 1.29 is 4.74 Å². The maximum absolute atomic E-state index is 6.04. The molecule has 2 aromatic heterocycles. The van der Waals surface area contributed by atoms with E-state index >= 15 is 0 Å². The van der Waals surface area contributed by atoms with E-state index in [0.29, 0.717) is 0 Å². The molecule has 0 spiro atoms. The minimum atomic E-state index is 0.769. The van der Waals surface area contributed by atoms with Crippen molar-refractivity contribution in [3.05, 3.63) is 60.9 Å². The lowest BCUT2D eigenvalue weighted by molar-refractivity contribution is 0.305. The van der Waals surface area contributed by atoms with Gasteiger partial charge < -0.3 is 4.74 Å². The van der Waals surface area contributed by atoms with Crippen LogP contribution in [0.2, 0.25) is 0 Å². The monoisotopic (exact) mass is 359 g/mol. The van der Waals surface area contributed by atoms with E-state index in [9.17, 15) is 0 Å². The molecule has 0 N–H and O–H groups in total. The van der Waals surface area contributed by atoms with Gasteiger partial charge in [0, 0.05) is 5.39 Å². The van der Waals surface area contributed by atoms with Crippen LogP contribution >= 0.6 is 0 Å². The average molecular weight is 359 g/mol. The Morgan fingerprint density at radius 1 is 0.926 bits per heavy atom. The number of pyridine rings is 1. The van der Waals surface area contributed by atoms with Gasteiger partial charge in [-0.1, -0.05) is 62.9 Å². The van der Waals surface area contributed by atoms with Gasteiger partial charge in [0.25, 0.3) is 0 Å². The zero-order valence-electron chi connectivity index (χ0n) is 15.8. The highest BCUT2D eigenvalue weighted by atomic mass is 16.5.